The van der Waals surface area contributed by atoms with Crippen LogP contribution in [0.5, 0.6) is 0 Å². The number of aliphatic hydroxyl groups is 1. The number of β-amino-alcohol motifs (C(OH)–C–C–N with tert-alkyl or cyclic N) is 1. The molecule has 192 valence electrons. The van der Waals surface area contributed by atoms with Gasteiger partial charge in [0.25, 0.3) is 0 Å². The van der Waals surface area contributed by atoms with Gasteiger partial charge in [0.2, 0.25) is 5.91 Å². The number of carbonyl (C=O) groups is 1. The Morgan fingerprint density at radius 3 is 2.31 bits per heavy atom. The molecule has 1 aliphatic carbocycles. The van der Waals surface area contributed by atoms with Gasteiger partial charge in [0.1, 0.15) is 0 Å². The van der Waals surface area contributed by atoms with Gasteiger partial charge in [-0.1, -0.05) is 54.8 Å². The third-order valence-corrected chi connectivity index (χ3v) is 7.87. The maximum atomic E-state index is 13.6. The highest BCUT2D eigenvalue weighted by atomic mass is 19.4. The maximum Gasteiger partial charge on any atom is 0.418 e. The standard InChI is InChI=1S/C28H32F3N3O2/c1-20-4-10-23(11-5-20)26(12-2-3-13-26)25(35)33-18-24(16-21-6-8-22(17-32)9-7-21)34-15-14-27(36,19-34)28(29,30)31/h4-11,24,36H,2-3,12-16,18-19H2,1H3,(H,33,35). The Labute approximate surface area is 209 Å². The molecule has 1 amide bonds. The largest absolute Gasteiger partial charge is 0.418 e. The summed E-state index contributed by atoms with van der Waals surface area (Å²) in [5.74, 6) is -0.0982. The number of aryl methyl sites for hydroxylation is 1. The molecule has 1 saturated heterocycles. The minimum absolute atomic E-state index is 0.0793. The van der Waals surface area contributed by atoms with Gasteiger partial charge in [-0.05, 0) is 55.9 Å². The number of nitriles is 1. The lowest BCUT2D eigenvalue weighted by Gasteiger charge is -2.33. The van der Waals surface area contributed by atoms with Gasteiger partial charge in [-0.25, -0.2) is 0 Å². The summed E-state index contributed by atoms with van der Waals surface area (Å²) >= 11 is 0. The molecule has 1 heterocycles. The van der Waals surface area contributed by atoms with E-state index in [1.54, 1.807) is 29.2 Å². The van der Waals surface area contributed by atoms with E-state index >= 15 is 0 Å². The number of carbonyl (C=O) groups excluding carboxylic acids is 1. The molecule has 5 nitrogen and oxygen atoms in total. The first-order valence-electron chi connectivity index (χ1n) is 12.4. The molecule has 0 radical (unpaired) electrons. The Kier molecular flexibility index (Phi) is 7.44. The number of rotatable bonds is 7. The molecular formula is C28H32F3N3O2. The second kappa shape index (κ2) is 10.2. The third kappa shape index (κ3) is 5.28. The van der Waals surface area contributed by atoms with Crippen molar-refractivity contribution in [1.82, 2.24) is 10.2 Å². The van der Waals surface area contributed by atoms with Gasteiger partial charge in [0.05, 0.1) is 17.0 Å². The average Bonchev–Trinajstić information content (AvgIpc) is 3.51. The second-order valence-corrected chi connectivity index (χ2v) is 10.3. The molecule has 2 aliphatic rings. The Morgan fingerprint density at radius 1 is 1.11 bits per heavy atom. The van der Waals surface area contributed by atoms with Gasteiger partial charge in [-0.2, -0.15) is 18.4 Å². The van der Waals surface area contributed by atoms with E-state index in [1.165, 1.54) is 0 Å². The van der Waals surface area contributed by atoms with Crippen LogP contribution in [-0.4, -0.2) is 53.4 Å². The van der Waals surface area contributed by atoms with E-state index < -0.39 is 36.2 Å². The van der Waals surface area contributed by atoms with Crippen LogP contribution in [0.2, 0.25) is 0 Å². The van der Waals surface area contributed by atoms with Crippen molar-refractivity contribution in [3.05, 3.63) is 70.8 Å². The number of hydrogen-bond acceptors (Lipinski definition) is 4. The molecule has 2 unspecified atom stereocenters. The van der Waals surface area contributed by atoms with Crippen molar-refractivity contribution in [1.29, 1.82) is 5.26 Å². The molecule has 1 aliphatic heterocycles. The lowest BCUT2D eigenvalue weighted by Crippen LogP contribution is -2.52. The molecule has 8 heteroatoms. The molecule has 0 bridgehead atoms. The van der Waals surface area contributed by atoms with E-state index in [2.05, 4.69) is 11.4 Å². The first kappa shape index (κ1) is 26.2. The minimum Gasteiger partial charge on any atom is -0.379 e. The first-order valence-corrected chi connectivity index (χ1v) is 12.4. The van der Waals surface area contributed by atoms with Crippen molar-refractivity contribution >= 4 is 5.91 Å². The van der Waals surface area contributed by atoms with Crippen molar-refractivity contribution in [3.63, 3.8) is 0 Å². The number of nitrogens with one attached hydrogen (secondary N) is 1. The Balaban J connectivity index is 1.53. The van der Waals surface area contributed by atoms with Crippen LogP contribution in [0.15, 0.2) is 48.5 Å². The normalized spacial score (nSPS) is 22.8. The highest BCUT2D eigenvalue weighted by Gasteiger charge is 2.57. The Morgan fingerprint density at radius 2 is 1.75 bits per heavy atom. The quantitative estimate of drug-likeness (QED) is 0.592. The van der Waals surface area contributed by atoms with Gasteiger partial charge < -0.3 is 10.4 Å². The number of alkyl halides is 3. The van der Waals surface area contributed by atoms with Crippen molar-refractivity contribution in [2.24, 2.45) is 0 Å². The van der Waals surface area contributed by atoms with E-state index in [-0.39, 0.29) is 19.0 Å². The monoisotopic (exact) mass is 499 g/mol. The van der Waals surface area contributed by atoms with Gasteiger partial charge >= 0.3 is 6.18 Å². The summed E-state index contributed by atoms with van der Waals surface area (Å²) in [4.78, 5) is 15.2. The summed E-state index contributed by atoms with van der Waals surface area (Å²) in [5.41, 5.74) is 0.0430. The lowest BCUT2D eigenvalue weighted by molar-refractivity contribution is -0.254. The average molecular weight is 500 g/mol. The summed E-state index contributed by atoms with van der Waals surface area (Å²) < 4.78 is 40.5. The molecule has 2 atom stereocenters. The third-order valence-electron chi connectivity index (χ3n) is 7.87. The minimum atomic E-state index is -4.72. The SMILES string of the molecule is Cc1ccc(C2(C(=O)NCC(Cc3ccc(C#N)cc3)N3CCC(O)(C(F)(F)F)C3)CCCC2)cc1. The van der Waals surface area contributed by atoms with Crippen molar-refractivity contribution in [3.8, 4) is 6.07 Å². The zero-order chi connectivity index (χ0) is 26.0. The van der Waals surface area contributed by atoms with E-state index in [0.717, 1.165) is 42.4 Å². The summed E-state index contributed by atoms with van der Waals surface area (Å²) in [7, 11) is 0. The fourth-order valence-electron chi connectivity index (χ4n) is 5.56. The summed E-state index contributed by atoms with van der Waals surface area (Å²) in [6, 6.07) is 16.5. The molecule has 0 spiro atoms. The van der Waals surface area contributed by atoms with Crippen LogP contribution in [0.25, 0.3) is 0 Å². The number of nitrogens with zero attached hydrogens (tertiary/aromatic N) is 2. The van der Waals surface area contributed by atoms with E-state index in [4.69, 9.17) is 5.26 Å². The van der Waals surface area contributed by atoms with Crippen LogP contribution in [0.4, 0.5) is 13.2 Å². The predicted octanol–water partition coefficient (Wildman–Crippen LogP) is 4.41. The number of benzene rings is 2. The fraction of sp³-hybridized carbons (Fsp3) is 0.500. The van der Waals surface area contributed by atoms with Crippen LogP contribution < -0.4 is 5.32 Å². The van der Waals surface area contributed by atoms with Gasteiger partial charge in [-0.15, -0.1) is 0 Å². The van der Waals surface area contributed by atoms with E-state index in [1.807, 2.05) is 31.2 Å². The first-order chi connectivity index (χ1) is 17.1. The Hall–Kier alpha value is -2.89. The van der Waals surface area contributed by atoms with Crippen LogP contribution in [0.1, 0.15) is 54.4 Å². The maximum absolute atomic E-state index is 13.6. The molecule has 0 aromatic heterocycles. The van der Waals surface area contributed by atoms with Crippen LogP contribution in [0.3, 0.4) is 0 Å². The molecule has 2 N–H and O–H groups in total. The van der Waals surface area contributed by atoms with Gasteiger partial charge in [-0.3, -0.25) is 9.69 Å². The molecule has 1 saturated carbocycles. The number of halogens is 3. The van der Waals surface area contributed by atoms with Crippen LogP contribution in [0, 0.1) is 18.3 Å². The number of likely N-dealkylation sites (tertiary alicyclic amines) is 1. The summed E-state index contributed by atoms with van der Waals surface area (Å²) in [6.07, 6.45) is -1.37. The van der Waals surface area contributed by atoms with Crippen molar-refractivity contribution < 1.29 is 23.1 Å². The smallest absolute Gasteiger partial charge is 0.379 e. The highest BCUT2D eigenvalue weighted by molar-refractivity contribution is 5.88. The predicted molar refractivity (Wildman–Crippen MR) is 130 cm³/mol. The van der Waals surface area contributed by atoms with E-state index in [9.17, 15) is 23.1 Å². The summed E-state index contributed by atoms with van der Waals surface area (Å²) in [6.45, 7) is 1.71. The zero-order valence-corrected chi connectivity index (χ0v) is 20.4. The zero-order valence-electron chi connectivity index (χ0n) is 20.4. The molecule has 2 aromatic rings. The topological polar surface area (TPSA) is 76.4 Å². The van der Waals surface area contributed by atoms with Crippen LogP contribution in [-0.2, 0) is 16.6 Å². The molecule has 36 heavy (non-hydrogen) atoms. The van der Waals surface area contributed by atoms with Gasteiger partial charge in [0, 0.05) is 25.7 Å². The molecule has 2 fully saturated rings. The molecular weight excluding hydrogens is 467 g/mol. The van der Waals surface area contributed by atoms with Gasteiger partial charge in [0.15, 0.2) is 5.60 Å². The van der Waals surface area contributed by atoms with Crippen molar-refractivity contribution in [2.45, 2.75) is 68.7 Å². The molecule has 4 rings (SSSR count). The lowest BCUT2D eigenvalue weighted by atomic mass is 9.77. The number of hydrogen-bond donors (Lipinski definition) is 2. The van der Waals surface area contributed by atoms with E-state index in [0.29, 0.717) is 12.0 Å². The molecule has 2 aromatic carbocycles. The van der Waals surface area contributed by atoms with Crippen LogP contribution >= 0.6 is 0 Å². The highest BCUT2D eigenvalue weighted by Crippen LogP contribution is 2.42. The fourth-order valence-corrected chi connectivity index (χ4v) is 5.56. The second-order valence-electron chi connectivity index (χ2n) is 10.3. The summed E-state index contributed by atoms with van der Waals surface area (Å²) in [5, 5.41) is 22.4. The number of amides is 1. The Bertz CT molecular complexity index is 1100. The van der Waals surface area contributed by atoms with Crippen molar-refractivity contribution in [2.75, 3.05) is 19.6 Å².